The highest BCUT2D eigenvalue weighted by molar-refractivity contribution is 7.17. The average Bonchev–Trinajstić information content (AvgIpc) is 3.58. The first-order valence-corrected chi connectivity index (χ1v) is 11.0. The molecule has 0 fully saturated rings. The average molecular weight is 489 g/mol. The van der Waals surface area contributed by atoms with Gasteiger partial charge in [-0.1, -0.05) is 0 Å². The molecule has 172 valence electrons. The first-order valence-electron chi connectivity index (χ1n) is 10.2. The van der Waals surface area contributed by atoms with Gasteiger partial charge in [-0.05, 0) is 42.5 Å². The van der Waals surface area contributed by atoms with Crippen molar-refractivity contribution in [1.29, 1.82) is 0 Å². The van der Waals surface area contributed by atoms with Crippen LogP contribution in [-0.4, -0.2) is 30.6 Å². The first kappa shape index (κ1) is 20.9. The number of carbonyl (C=O) groups is 1. The second kappa shape index (κ2) is 7.95. The summed E-state index contributed by atoms with van der Waals surface area (Å²) in [6, 6.07) is 11.5. The lowest BCUT2D eigenvalue weighted by molar-refractivity contribution is 0.103. The maximum absolute atomic E-state index is 14.6. The highest BCUT2D eigenvalue weighted by Crippen LogP contribution is 2.30. The highest BCUT2D eigenvalue weighted by atomic mass is 32.1. The van der Waals surface area contributed by atoms with Crippen LogP contribution in [0.2, 0.25) is 0 Å². The second-order valence-corrected chi connectivity index (χ2v) is 8.59. The molecule has 0 aliphatic rings. The van der Waals surface area contributed by atoms with Gasteiger partial charge in [-0.15, -0.1) is 11.3 Å². The maximum atomic E-state index is 14.6. The minimum Gasteiger partial charge on any atom is -0.443 e. The monoisotopic (exact) mass is 489 g/mol. The highest BCUT2D eigenvalue weighted by Gasteiger charge is 2.20. The van der Waals surface area contributed by atoms with Crippen LogP contribution < -0.4 is 11.1 Å². The van der Waals surface area contributed by atoms with Crippen molar-refractivity contribution in [2.75, 3.05) is 11.1 Å². The van der Waals surface area contributed by atoms with Gasteiger partial charge in [0, 0.05) is 11.6 Å². The Labute approximate surface area is 198 Å². The molecule has 3 N–H and O–H groups in total. The van der Waals surface area contributed by atoms with E-state index in [4.69, 9.17) is 10.2 Å². The molecule has 0 spiro atoms. The van der Waals surface area contributed by atoms with Gasteiger partial charge in [-0.2, -0.15) is 5.10 Å². The number of amides is 1. The molecule has 6 rings (SSSR count). The third-order valence-corrected chi connectivity index (χ3v) is 6.15. The SMILES string of the molecule is Nc1ccc(C(=O)Nc2nc(-c3ccc4ocnc4c3)nc3c2cnn3-c2ccc(F)cc2F)s1. The van der Waals surface area contributed by atoms with Gasteiger partial charge in [0.2, 0.25) is 0 Å². The number of halogens is 2. The smallest absolute Gasteiger partial charge is 0.266 e. The molecule has 6 aromatic rings. The number of fused-ring (bicyclic) bond motifs is 2. The minimum absolute atomic E-state index is 0.0127. The molecule has 0 aliphatic heterocycles. The molecule has 12 heteroatoms. The van der Waals surface area contributed by atoms with E-state index in [9.17, 15) is 13.6 Å². The summed E-state index contributed by atoms with van der Waals surface area (Å²) in [5.74, 6) is -1.57. The Bertz CT molecular complexity index is 1760. The number of nitrogen functional groups attached to an aromatic ring is 1. The van der Waals surface area contributed by atoms with Crippen LogP contribution >= 0.6 is 11.3 Å². The van der Waals surface area contributed by atoms with Crippen molar-refractivity contribution in [1.82, 2.24) is 24.7 Å². The van der Waals surface area contributed by atoms with E-state index in [0.29, 0.717) is 31.9 Å². The second-order valence-electron chi connectivity index (χ2n) is 7.48. The zero-order valence-corrected chi connectivity index (χ0v) is 18.4. The quantitative estimate of drug-likeness (QED) is 0.364. The van der Waals surface area contributed by atoms with Gasteiger partial charge < -0.3 is 15.5 Å². The van der Waals surface area contributed by atoms with Gasteiger partial charge in [0.1, 0.15) is 22.8 Å². The number of oxazole rings is 1. The van der Waals surface area contributed by atoms with Crippen LogP contribution in [0, 0.1) is 11.6 Å². The Morgan fingerprint density at radius 1 is 1.09 bits per heavy atom. The minimum atomic E-state index is -0.821. The number of nitrogens with zero attached hydrogens (tertiary/aromatic N) is 5. The molecule has 9 nitrogen and oxygen atoms in total. The Balaban J connectivity index is 1.54. The molecule has 1 amide bonds. The molecule has 0 saturated heterocycles. The number of carbonyl (C=O) groups excluding carboxylic acids is 1. The Hall–Kier alpha value is -4.71. The number of hydrogen-bond acceptors (Lipinski definition) is 8. The van der Waals surface area contributed by atoms with E-state index in [0.717, 1.165) is 23.5 Å². The van der Waals surface area contributed by atoms with Gasteiger partial charge in [0.15, 0.2) is 29.3 Å². The molecule has 0 aliphatic carbocycles. The number of hydrogen-bond donors (Lipinski definition) is 2. The van der Waals surface area contributed by atoms with E-state index < -0.39 is 17.5 Å². The number of nitrogens with two attached hydrogens (primary N) is 1. The molecule has 0 radical (unpaired) electrons. The van der Waals surface area contributed by atoms with Gasteiger partial charge in [-0.25, -0.2) is 28.4 Å². The molecular formula is C23H13F2N7O2S. The Kier molecular flexibility index (Phi) is 4.74. The fraction of sp³-hybridized carbons (Fsp3) is 0. The summed E-state index contributed by atoms with van der Waals surface area (Å²) < 4.78 is 34.6. The lowest BCUT2D eigenvalue weighted by atomic mass is 10.2. The standard InChI is InChI=1S/C23H13F2N7O2S/c24-12-2-3-16(14(25)8-12)32-22-13(9-28-32)21(31-23(33)18-5-6-19(26)35-18)29-20(30-22)11-1-4-17-15(7-11)27-10-34-17/h1-10H,26H2,(H,29,30,31,33). The van der Waals surface area contributed by atoms with Crippen LogP contribution in [0.25, 0.3) is 39.2 Å². The predicted octanol–water partition coefficient (Wildman–Crippen LogP) is 4.80. The van der Waals surface area contributed by atoms with Crippen LogP contribution in [0.15, 0.2) is 65.5 Å². The van der Waals surface area contributed by atoms with Crippen LogP contribution in [0.4, 0.5) is 19.6 Å². The summed E-state index contributed by atoms with van der Waals surface area (Å²) >= 11 is 1.13. The lowest BCUT2D eigenvalue weighted by Crippen LogP contribution is -2.13. The maximum Gasteiger partial charge on any atom is 0.266 e. The summed E-state index contributed by atoms with van der Waals surface area (Å²) in [6.45, 7) is 0. The zero-order valence-electron chi connectivity index (χ0n) is 17.6. The number of rotatable bonds is 4. The number of anilines is 2. The normalized spacial score (nSPS) is 11.4. The van der Waals surface area contributed by atoms with E-state index >= 15 is 0 Å². The van der Waals surface area contributed by atoms with Crippen LogP contribution in [0.1, 0.15) is 9.67 Å². The van der Waals surface area contributed by atoms with E-state index in [2.05, 4.69) is 25.4 Å². The molecule has 2 aromatic carbocycles. The number of aromatic nitrogens is 5. The molecule has 4 heterocycles. The topological polar surface area (TPSA) is 125 Å². The fourth-order valence-electron chi connectivity index (χ4n) is 3.60. The summed E-state index contributed by atoms with van der Waals surface area (Å²) in [7, 11) is 0. The van der Waals surface area contributed by atoms with Gasteiger partial charge in [0.05, 0.1) is 21.5 Å². The van der Waals surface area contributed by atoms with E-state index in [-0.39, 0.29) is 23.0 Å². The van der Waals surface area contributed by atoms with E-state index in [1.165, 1.54) is 23.3 Å². The van der Waals surface area contributed by atoms with Crippen molar-refractivity contribution in [3.63, 3.8) is 0 Å². The van der Waals surface area contributed by atoms with Crippen molar-refractivity contribution in [2.24, 2.45) is 0 Å². The molecule has 0 unspecified atom stereocenters. The summed E-state index contributed by atoms with van der Waals surface area (Å²) in [4.78, 5) is 26.5. The first-order chi connectivity index (χ1) is 17.0. The van der Waals surface area contributed by atoms with Crippen molar-refractivity contribution in [3.8, 4) is 17.1 Å². The van der Waals surface area contributed by atoms with Gasteiger partial charge in [0.25, 0.3) is 5.91 Å². The molecule has 0 atom stereocenters. The molecule has 0 bridgehead atoms. The van der Waals surface area contributed by atoms with Crippen LogP contribution in [0.3, 0.4) is 0 Å². The van der Waals surface area contributed by atoms with Crippen molar-refractivity contribution in [2.45, 2.75) is 0 Å². The van der Waals surface area contributed by atoms with Crippen molar-refractivity contribution >= 4 is 50.2 Å². The number of nitrogens with one attached hydrogen (secondary N) is 1. The van der Waals surface area contributed by atoms with Gasteiger partial charge >= 0.3 is 0 Å². The third-order valence-electron chi connectivity index (χ3n) is 5.24. The third kappa shape index (κ3) is 3.65. The summed E-state index contributed by atoms with van der Waals surface area (Å²) in [5, 5.41) is 7.85. The van der Waals surface area contributed by atoms with E-state index in [1.807, 2.05) is 0 Å². The van der Waals surface area contributed by atoms with Crippen LogP contribution in [0.5, 0.6) is 0 Å². The summed E-state index contributed by atoms with van der Waals surface area (Å²) in [6.07, 6.45) is 2.73. The molecule has 0 saturated carbocycles. The lowest BCUT2D eigenvalue weighted by Gasteiger charge is -2.09. The van der Waals surface area contributed by atoms with Crippen LogP contribution in [-0.2, 0) is 0 Å². The molecule has 4 aromatic heterocycles. The number of thiophene rings is 1. The van der Waals surface area contributed by atoms with Gasteiger partial charge in [-0.3, -0.25) is 4.79 Å². The molecule has 35 heavy (non-hydrogen) atoms. The van der Waals surface area contributed by atoms with Crippen molar-refractivity contribution in [3.05, 3.63) is 77.6 Å². The zero-order chi connectivity index (χ0) is 24.1. The Morgan fingerprint density at radius 3 is 2.77 bits per heavy atom. The van der Waals surface area contributed by atoms with E-state index in [1.54, 1.807) is 30.3 Å². The predicted molar refractivity (Wildman–Crippen MR) is 126 cm³/mol. The Morgan fingerprint density at radius 2 is 1.97 bits per heavy atom. The fourth-order valence-corrected chi connectivity index (χ4v) is 4.27. The number of benzene rings is 2. The van der Waals surface area contributed by atoms with Crippen molar-refractivity contribution < 1.29 is 18.0 Å². The molecular weight excluding hydrogens is 476 g/mol. The summed E-state index contributed by atoms with van der Waals surface area (Å²) in [5.41, 5.74) is 7.70. The largest absolute Gasteiger partial charge is 0.443 e.